The second-order valence-electron chi connectivity index (χ2n) is 17.4. The summed E-state index contributed by atoms with van der Waals surface area (Å²) in [7, 11) is 2.90. The summed E-state index contributed by atoms with van der Waals surface area (Å²) in [5.41, 5.74) is 9.26. The van der Waals surface area contributed by atoms with Gasteiger partial charge in [0.25, 0.3) is 11.8 Å². The SMILES string of the molecule is COC1C=CC=C(C)C(=O)NC2=CC(=O)C(NCCN3CCN(C(=O)ONC(=O)CCCCCCC(=O)Nc4ccccc4)CC3)=C(CC(C)CC(OC)C(O)C(C)C=C(C)C1OC(N)=O)C2=O. The van der Waals surface area contributed by atoms with Gasteiger partial charge in [0.15, 0.2) is 6.10 Å². The Morgan fingerprint density at radius 3 is 2.24 bits per heavy atom. The monoisotopic (exact) mass is 948 g/mol. The van der Waals surface area contributed by atoms with Crippen LogP contribution in [-0.4, -0.2) is 134 Å². The third kappa shape index (κ3) is 17.2. The Balaban J connectivity index is 1.32. The first-order valence-electron chi connectivity index (χ1n) is 23.1. The number of rotatable bonds is 15. The lowest BCUT2D eigenvalue weighted by atomic mass is 9.85. The minimum absolute atomic E-state index is 0.0560. The van der Waals surface area contributed by atoms with E-state index in [4.69, 9.17) is 24.8 Å². The van der Waals surface area contributed by atoms with Crippen LogP contribution in [0.3, 0.4) is 0 Å². The molecule has 1 saturated heterocycles. The number of hydroxylamine groups is 1. The fourth-order valence-electron chi connectivity index (χ4n) is 8.16. The quantitative estimate of drug-likeness (QED) is 0.0626. The van der Waals surface area contributed by atoms with Crippen molar-refractivity contribution in [3.8, 4) is 0 Å². The van der Waals surface area contributed by atoms with E-state index < -0.39 is 65.9 Å². The average molecular weight is 948 g/mol. The van der Waals surface area contributed by atoms with Gasteiger partial charge >= 0.3 is 12.2 Å². The number of aliphatic hydroxyl groups is 1. The molecule has 3 aliphatic rings. The van der Waals surface area contributed by atoms with Gasteiger partial charge in [0, 0.05) is 95.2 Å². The first-order valence-corrected chi connectivity index (χ1v) is 23.1. The summed E-state index contributed by atoms with van der Waals surface area (Å²) in [5, 5.41) is 20.1. The second-order valence-corrected chi connectivity index (χ2v) is 17.4. The van der Waals surface area contributed by atoms with Crippen molar-refractivity contribution in [1.82, 2.24) is 25.9 Å². The fourth-order valence-corrected chi connectivity index (χ4v) is 8.16. The number of ketones is 2. The molecule has 6 atom stereocenters. The van der Waals surface area contributed by atoms with E-state index in [0.29, 0.717) is 64.0 Å². The lowest BCUT2D eigenvalue weighted by Crippen LogP contribution is -2.51. The number of aliphatic hydroxyl groups excluding tert-OH is 1. The molecule has 2 bridgehead atoms. The van der Waals surface area contributed by atoms with Gasteiger partial charge in [-0.05, 0) is 63.2 Å². The van der Waals surface area contributed by atoms with E-state index in [9.17, 15) is 38.7 Å². The van der Waals surface area contributed by atoms with Crippen LogP contribution in [0.2, 0.25) is 0 Å². The second kappa shape index (κ2) is 27.6. The molecule has 2 aliphatic heterocycles. The molecular formula is C49H69N7O12. The predicted molar refractivity (Wildman–Crippen MR) is 253 cm³/mol. The Morgan fingerprint density at radius 1 is 0.912 bits per heavy atom. The van der Waals surface area contributed by atoms with E-state index in [1.54, 1.807) is 26.0 Å². The summed E-state index contributed by atoms with van der Waals surface area (Å²) in [4.78, 5) is 98.9. The number of nitrogens with two attached hydrogens (primary N) is 1. The van der Waals surface area contributed by atoms with Crippen LogP contribution in [0.1, 0.15) is 79.1 Å². The van der Waals surface area contributed by atoms with E-state index in [2.05, 4.69) is 26.3 Å². The molecule has 0 spiro atoms. The number of amides is 5. The molecule has 6 unspecified atom stereocenters. The molecule has 1 fully saturated rings. The first kappa shape index (κ1) is 54.5. The molecule has 68 heavy (non-hydrogen) atoms. The minimum Gasteiger partial charge on any atom is -0.439 e. The number of methoxy groups -OCH3 is 2. The van der Waals surface area contributed by atoms with Gasteiger partial charge < -0.3 is 50.7 Å². The zero-order valence-corrected chi connectivity index (χ0v) is 40.0. The highest BCUT2D eigenvalue weighted by Gasteiger charge is 2.34. The number of hydrogen-bond acceptors (Lipinski definition) is 14. The zero-order valence-electron chi connectivity index (χ0n) is 40.0. The number of primary amides is 1. The third-order valence-electron chi connectivity index (χ3n) is 12.0. The van der Waals surface area contributed by atoms with Gasteiger partial charge in [-0.2, -0.15) is 5.48 Å². The van der Waals surface area contributed by atoms with Crippen LogP contribution in [0.5, 0.6) is 0 Å². The smallest absolute Gasteiger partial charge is 0.434 e. The number of carbonyl (C=O) groups excluding carboxylic acids is 7. The van der Waals surface area contributed by atoms with E-state index in [1.165, 1.54) is 38.2 Å². The van der Waals surface area contributed by atoms with Gasteiger partial charge in [0.1, 0.15) is 6.10 Å². The molecular weight excluding hydrogens is 879 g/mol. The number of para-hydroxylation sites is 1. The summed E-state index contributed by atoms with van der Waals surface area (Å²) in [6.07, 6.45) is 6.04. The molecule has 1 aliphatic carbocycles. The minimum atomic E-state index is -1.03. The maximum absolute atomic E-state index is 14.1. The predicted octanol–water partition coefficient (Wildman–Crippen LogP) is 4.12. The highest BCUT2D eigenvalue weighted by molar-refractivity contribution is 6.23. The normalized spacial score (nSPS) is 23.4. The van der Waals surface area contributed by atoms with Crippen LogP contribution in [0.4, 0.5) is 15.3 Å². The first-order chi connectivity index (χ1) is 32.5. The summed E-state index contributed by atoms with van der Waals surface area (Å²) >= 11 is 0. The lowest BCUT2D eigenvalue weighted by Gasteiger charge is -2.34. The number of allylic oxidation sites excluding steroid dienone is 4. The van der Waals surface area contributed by atoms with Crippen LogP contribution >= 0.6 is 0 Å². The molecule has 4 rings (SSSR count). The number of nitrogens with zero attached hydrogens (tertiary/aromatic N) is 2. The van der Waals surface area contributed by atoms with Crippen LogP contribution in [0, 0.1) is 11.8 Å². The van der Waals surface area contributed by atoms with Gasteiger partial charge in [-0.15, -0.1) is 0 Å². The Morgan fingerprint density at radius 2 is 1.59 bits per heavy atom. The number of Topliss-reactive ketones (excluding diaryl/α,β-unsaturated/α-hetero) is 1. The zero-order chi connectivity index (χ0) is 49.8. The average Bonchev–Trinajstić information content (AvgIpc) is 3.31. The number of nitrogens with one attached hydrogen (secondary N) is 4. The molecule has 372 valence electrons. The van der Waals surface area contributed by atoms with Crippen LogP contribution in [0.25, 0.3) is 0 Å². The number of unbranched alkanes of at least 4 members (excludes halogenated alkanes) is 3. The maximum atomic E-state index is 14.1. The topological polar surface area (TPSA) is 257 Å². The molecule has 19 nitrogen and oxygen atoms in total. The fraction of sp³-hybridized carbons (Fsp3) is 0.531. The largest absolute Gasteiger partial charge is 0.439 e. The summed E-state index contributed by atoms with van der Waals surface area (Å²) < 4.78 is 16.8. The van der Waals surface area contributed by atoms with Crippen molar-refractivity contribution >= 4 is 47.2 Å². The number of benzene rings is 1. The van der Waals surface area contributed by atoms with Crippen LogP contribution in [-0.2, 0) is 43.0 Å². The van der Waals surface area contributed by atoms with Gasteiger partial charge in [0.2, 0.25) is 17.5 Å². The van der Waals surface area contributed by atoms with Crippen LogP contribution in [0.15, 0.2) is 88.8 Å². The van der Waals surface area contributed by atoms with Crippen molar-refractivity contribution in [2.45, 2.75) is 103 Å². The van der Waals surface area contributed by atoms with Gasteiger partial charge in [-0.3, -0.25) is 28.9 Å². The molecule has 1 aromatic rings. The number of fused-ring (bicyclic) bond motifs is 2. The molecule has 7 N–H and O–H groups in total. The number of carbonyl (C=O) groups is 7. The molecule has 19 heteroatoms. The van der Waals surface area contributed by atoms with Gasteiger partial charge in [-0.1, -0.05) is 69.2 Å². The lowest BCUT2D eigenvalue weighted by molar-refractivity contribution is -0.130. The summed E-state index contributed by atoms with van der Waals surface area (Å²) in [5.74, 6) is -2.90. The Labute approximate surface area is 398 Å². The standard InChI is InChI=1S/C49H69N7O12/c1-31-27-36-43(51-21-22-55-23-25-56(26-24-55)49(64)68-54-42(59)20-13-8-7-12-19-41(58)52-35-16-10-9-11-17-35)38(57)30-37(45(36)61)53-47(62)32(2)15-14-18-39(65-5)46(67-48(50)63)34(4)29-33(3)44(60)40(28-31)66-6/h9-11,14-18,29-31,33,39-40,44,46,51,60H,7-8,12-13,19-28H2,1-6H3,(H2,50,63)(H,52,58)(H,53,62)(H,54,59). The van der Waals surface area contributed by atoms with Crippen molar-refractivity contribution < 1.29 is 57.7 Å². The molecule has 0 aromatic heterocycles. The van der Waals surface area contributed by atoms with Gasteiger partial charge in [-0.25, -0.2) is 9.59 Å². The van der Waals surface area contributed by atoms with Crippen molar-refractivity contribution in [1.29, 1.82) is 0 Å². The number of ether oxygens (including phenoxy) is 3. The van der Waals surface area contributed by atoms with Crippen molar-refractivity contribution in [2.24, 2.45) is 17.6 Å². The third-order valence-corrected chi connectivity index (χ3v) is 12.0. The van der Waals surface area contributed by atoms with Crippen LogP contribution < -0.4 is 27.2 Å². The van der Waals surface area contributed by atoms with E-state index in [0.717, 1.165) is 24.6 Å². The Kier molecular flexibility index (Phi) is 22.1. The highest BCUT2D eigenvalue weighted by Crippen LogP contribution is 2.29. The molecule has 2 heterocycles. The van der Waals surface area contributed by atoms with E-state index in [-0.39, 0.29) is 53.8 Å². The van der Waals surface area contributed by atoms with Gasteiger partial charge in [0.05, 0.1) is 23.6 Å². The number of anilines is 1. The Bertz CT molecular complexity index is 2090. The van der Waals surface area contributed by atoms with E-state index >= 15 is 0 Å². The van der Waals surface area contributed by atoms with Crippen molar-refractivity contribution in [2.75, 3.05) is 58.8 Å². The van der Waals surface area contributed by atoms with E-state index in [1.807, 2.05) is 37.3 Å². The molecule has 1 aromatic carbocycles. The maximum Gasteiger partial charge on any atom is 0.434 e. The van der Waals surface area contributed by atoms with Crippen molar-refractivity contribution in [3.05, 3.63) is 88.8 Å². The molecule has 0 radical (unpaired) electrons. The molecule has 0 saturated carbocycles. The highest BCUT2D eigenvalue weighted by atomic mass is 16.7. The number of piperazine rings is 1. The Hall–Kier alpha value is -6.15. The van der Waals surface area contributed by atoms with Crippen molar-refractivity contribution in [3.63, 3.8) is 0 Å². The summed E-state index contributed by atoms with van der Waals surface area (Å²) in [6, 6.07) is 9.24. The number of hydrogen-bond donors (Lipinski definition) is 6. The summed E-state index contributed by atoms with van der Waals surface area (Å²) in [6.45, 7) is 9.31. The molecule has 5 amide bonds.